The Morgan fingerprint density at radius 3 is 2.64 bits per heavy atom. The predicted octanol–water partition coefficient (Wildman–Crippen LogP) is 5.61. The molecule has 168 valence electrons. The van der Waals surface area contributed by atoms with Crippen LogP contribution in [0.3, 0.4) is 0 Å². The van der Waals surface area contributed by atoms with Crippen molar-refractivity contribution >= 4 is 40.2 Å². The van der Waals surface area contributed by atoms with E-state index in [4.69, 9.17) is 16.6 Å². The van der Waals surface area contributed by atoms with Crippen molar-refractivity contribution in [3.63, 3.8) is 0 Å². The third-order valence-corrected chi connectivity index (χ3v) is 6.25. The number of nitrogens with zero attached hydrogens (tertiary/aromatic N) is 2. The maximum atomic E-state index is 14.0. The molecule has 0 atom stereocenters. The molecule has 0 radical (unpaired) electrons. The lowest BCUT2D eigenvalue weighted by Crippen LogP contribution is -2.25. The van der Waals surface area contributed by atoms with Gasteiger partial charge in [-0.2, -0.15) is 0 Å². The molecule has 0 unspecified atom stereocenters. The third kappa shape index (κ3) is 5.26. The van der Waals surface area contributed by atoms with E-state index in [0.717, 1.165) is 12.0 Å². The van der Waals surface area contributed by atoms with E-state index in [1.54, 1.807) is 42.5 Å². The Labute approximate surface area is 199 Å². The van der Waals surface area contributed by atoms with Crippen LogP contribution in [0, 0.1) is 5.82 Å². The van der Waals surface area contributed by atoms with E-state index in [0.29, 0.717) is 44.6 Å². The highest BCUT2D eigenvalue weighted by Crippen LogP contribution is 2.26. The van der Waals surface area contributed by atoms with Crippen LogP contribution < -0.4 is 10.9 Å². The summed E-state index contributed by atoms with van der Waals surface area (Å²) in [4.78, 5) is 30.5. The molecule has 0 aliphatic carbocycles. The summed E-state index contributed by atoms with van der Waals surface area (Å²) >= 11 is 7.32. The number of hydrogen-bond donors (Lipinski definition) is 1. The van der Waals surface area contributed by atoms with E-state index in [1.807, 2.05) is 19.1 Å². The Kier molecular flexibility index (Phi) is 7.11. The van der Waals surface area contributed by atoms with Crippen molar-refractivity contribution in [3.8, 4) is 5.69 Å². The fraction of sp³-hybridized carbons (Fsp3) is 0.160. The number of thioether (sulfide) groups is 1. The van der Waals surface area contributed by atoms with E-state index in [2.05, 4.69) is 5.32 Å². The maximum absolute atomic E-state index is 14.0. The number of fused-ring (bicyclic) bond motifs is 1. The average Bonchev–Trinajstić information content (AvgIpc) is 2.82. The van der Waals surface area contributed by atoms with E-state index >= 15 is 0 Å². The molecule has 0 aliphatic heterocycles. The maximum Gasteiger partial charge on any atom is 0.266 e. The molecular weight excluding hydrogens is 461 g/mol. The summed E-state index contributed by atoms with van der Waals surface area (Å²) in [5, 5.41) is 4.22. The molecule has 5 nitrogen and oxygen atoms in total. The number of carbonyl (C=O) groups excluding carboxylic acids is 1. The van der Waals surface area contributed by atoms with Crippen LogP contribution >= 0.6 is 23.4 Å². The molecule has 0 saturated heterocycles. The molecule has 0 aliphatic rings. The van der Waals surface area contributed by atoms with Crippen molar-refractivity contribution in [2.24, 2.45) is 0 Å². The van der Waals surface area contributed by atoms with E-state index in [-0.39, 0.29) is 11.5 Å². The second kappa shape index (κ2) is 10.2. The van der Waals surface area contributed by atoms with Crippen LogP contribution in [0.4, 0.5) is 4.39 Å². The van der Waals surface area contributed by atoms with Gasteiger partial charge in [0.1, 0.15) is 5.82 Å². The molecule has 0 bridgehead atoms. The summed E-state index contributed by atoms with van der Waals surface area (Å²) < 4.78 is 15.4. The number of benzene rings is 3. The van der Waals surface area contributed by atoms with Gasteiger partial charge in [0.25, 0.3) is 11.5 Å². The second-order valence-electron chi connectivity index (χ2n) is 7.42. The summed E-state index contributed by atoms with van der Waals surface area (Å²) in [6.07, 6.45) is 0.821. The molecular formula is C25H21ClFN3O2S. The highest BCUT2D eigenvalue weighted by molar-refractivity contribution is 7.98. The van der Waals surface area contributed by atoms with Gasteiger partial charge in [0.15, 0.2) is 5.16 Å². The fourth-order valence-electron chi connectivity index (χ4n) is 3.32. The van der Waals surface area contributed by atoms with Gasteiger partial charge < -0.3 is 5.32 Å². The van der Waals surface area contributed by atoms with Crippen LogP contribution in [0.1, 0.15) is 29.3 Å². The molecule has 0 saturated carbocycles. The van der Waals surface area contributed by atoms with Crippen LogP contribution in [0.25, 0.3) is 16.6 Å². The van der Waals surface area contributed by atoms with E-state index < -0.39 is 5.82 Å². The molecule has 1 heterocycles. The Bertz CT molecular complexity index is 1370. The first kappa shape index (κ1) is 23.0. The number of rotatable bonds is 7. The SMILES string of the molecule is CCCNC(=O)c1ccc2c(=O)n(-c3cccc(F)c3)c(SCc3ccc(Cl)cc3)nc2c1. The first-order valence-corrected chi connectivity index (χ1v) is 11.8. The highest BCUT2D eigenvalue weighted by atomic mass is 35.5. The number of aromatic nitrogens is 2. The van der Waals surface area contributed by atoms with Gasteiger partial charge in [-0.05, 0) is 60.5 Å². The van der Waals surface area contributed by atoms with E-state index in [1.165, 1.54) is 28.5 Å². The molecule has 1 N–H and O–H groups in total. The fourth-order valence-corrected chi connectivity index (χ4v) is 4.41. The normalized spacial score (nSPS) is 11.0. The largest absolute Gasteiger partial charge is 0.352 e. The quantitative estimate of drug-likeness (QED) is 0.275. The standard InChI is InChI=1S/C25H21ClFN3O2S/c1-2-12-28-23(31)17-8-11-21-22(13-17)29-25(33-15-16-6-9-18(26)10-7-16)30(24(21)32)20-5-3-4-19(27)14-20/h3-11,13-14H,2,12,15H2,1H3,(H,28,31). The predicted molar refractivity (Wildman–Crippen MR) is 131 cm³/mol. The minimum Gasteiger partial charge on any atom is -0.352 e. The Morgan fingerprint density at radius 1 is 1.12 bits per heavy atom. The lowest BCUT2D eigenvalue weighted by Gasteiger charge is -2.14. The molecule has 4 rings (SSSR count). The zero-order valence-corrected chi connectivity index (χ0v) is 19.4. The topological polar surface area (TPSA) is 64.0 Å². The monoisotopic (exact) mass is 481 g/mol. The van der Waals surface area contributed by atoms with Crippen molar-refractivity contribution < 1.29 is 9.18 Å². The van der Waals surface area contributed by atoms with Crippen molar-refractivity contribution in [1.82, 2.24) is 14.9 Å². The van der Waals surface area contributed by atoms with E-state index in [9.17, 15) is 14.0 Å². The van der Waals surface area contributed by atoms with Gasteiger partial charge >= 0.3 is 0 Å². The molecule has 0 fully saturated rings. The number of halogens is 2. The number of nitrogens with one attached hydrogen (secondary N) is 1. The van der Waals surface area contributed by atoms with Gasteiger partial charge in [-0.25, -0.2) is 9.37 Å². The molecule has 33 heavy (non-hydrogen) atoms. The molecule has 4 aromatic rings. The lowest BCUT2D eigenvalue weighted by molar-refractivity contribution is 0.0954. The van der Waals surface area contributed by atoms with Gasteiger partial charge in [0.05, 0.1) is 16.6 Å². The summed E-state index contributed by atoms with van der Waals surface area (Å²) in [5.74, 6) is -0.137. The lowest BCUT2D eigenvalue weighted by atomic mass is 10.1. The Balaban J connectivity index is 1.81. The first-order valence-electron chi connectivity index (χ1n) is 10.4. The molecule has 1 aromatic heterocycles. The van der Waals surface area contributed by atoms with Crippen molar-refractivity contribution in [3.05, 3.63) is 99.1 Å². The van der Waals surface area contributed by atoms with Crippen LogP contribution in [-0.4, -0.2) is 22.0 Å². The number of amides is 1. The van der Waals surface area contributed by atoms with Crippen molar-refractivity contribution in [2.45, 2.75) is 24.3 Å². The van der Waals surface area contributed by atoms with Gasteiger partial charge in [-0.1, -0.05) is 48.5 Å². The third-order valence-electron chi connectivity index (χ3n) is 4.98. The summed E-state index contributed by atoms with van der Waals surface area (Å²) in [6.45, 7) is 2.54. The molecule has 1 amide bonds. The van der Waals surface area contributed by atoms with Crippen LogP contribution in [0.2, 0.25) is 5.02 Å². The first-order chi connectivity index (χ1) is 16.0. The zero-order chi connectivity index (χ0) is 23.4. The van der Waals surface area contributed by atoms with Crippen LogP contribution in [0.5, 0.6) is 0 Å². The number of carbonyl (C=O) groups is 1. The zero-order valence-electron chi connectivity index (χ0n) is 17.8. The summed E-state index contributed by atoms with van der Waals surface area (Å²) in [7, 11) is 0. The van der Waals surface area contributed by atoms with Crippen molar-refractivity contribution in [2.75, 3.05) is 6.54 Å². The van der Waals surface area contributed by atoms with Gasteiger partial charge in [-0.15, -0.1) is 0 Å². The second-order valence-corrected chi connectivity index (χ2v) is 8.80. The van der Waals surface area contributed by atoms with Gasteiger partial charge in [0, 0.05) is 22.9 Å². The molecule has 8 heteroatoms. The van der Waals surface area contributed by atoms with Crippen LogP contribution in [-0.2, 0) is 5.75 Å². The Hall–Kier alpha value is -3.16. The van der Waals surface area contributed by atoms with Gasteiger partial charge in [0.2, 0.25) is 0 Å². The average molecular weight is 482 g/mol. The Morgan fingerprint density at radius 2 is 1.91 bits per heavy atom. The smallest absolute Gasteiger partial charge is 0.266 e. The number of hydrogen-bond acceptors (Lipinski definition) is 4. The minimum absolute atomic E-state index is 0.217. The minimum atomic E-state index is -0.448. The summed E-state index contributed by atoms with van der Waals surface area (Å²) in [5.41, 5.74) is 1.90. The highest BCUT2D eigenvalue weighted by Gasteiger charge is 2.16. The van der Waals surface area contributed by atoms with Crippen LogP contribution in [0.15, 0.2) is 76.7 Å². The van der Waals surface area contributed by atoms with Gasteiger partial charge in [-0.3, -0.25) is 14.2 Å². The molecule has 0 spiro atoms. The summed E-state index contributed by atoms with van der Waals surface area (Å²) in [6, 6.07) is 18.0. The van der Waals surface area contributed by atoms with Crippen molar-refractivity contribution in [1.29, 1.82) is 0 Å². The molecule has 3 aromatic carbocycles.